The van der Waals surface area contributed by atoms with Crippen LogP contribution in [0.5, 0.6) is 0 Å². The Hall–Kier alpha value is -0.170. The van der Waals surface area contributed by atoms with Crippen LogP contribution in [0.2, 0.25) is 0 Å². The fraction of sp³-hybridized carbons (Fsp3) is 0.818. The zero-order valence-electron chi connectivity index (χ0n) is 9.47. The van der Waals surface area contributed by atoms with Crippen LogP contribution >= 0.6 is 11.8 Å². The summed E-state index contributed by atoms with van der Waals surface area (Å²) in [6.45, 7) is 6.35. The normalized spacial score (nSPS) is 12.4. The Labute approximate surface area is 92.4 Å². The van der Waals surface area contributed by atoms with Crippen LogP contribution in [0.1, 0.15) is 33.6 Å². The largest absolute Gasteiger partial charge is 0.271 e. The Morgan fingerprint density at radius 2 is 2.07 bits per heavy atom. The number of nitrogens with two attached hydrogens (primary N) is 1. The maximum atomic E-state index is 5.46. The molecule has 1 atom stereocenters. The quantitative estimate of drug-likeness (QED) is 0.387. The predicted molar refractivity (Wildman–Crippen MR) is 66.0 cm³/mol. The van der Waals surface area contributed by atoms with E-state index in [1.165, 1.54) is 5.75 Å². The molecule has 0 radical (unpaired) electrons. The molecular weight excluding hydrogens is 192 g/mol. The van der Waals surface area contributed by atoms with Gasteiger partial charge >= 0.3 is 0 Å². The highest BCUT2D eigenvalue weighted by atomic mass is 32.2. The zero-order valence-corrected chi connectivity index (χ0v) is 10.3. The molecule has 0 heterocycles. The molecule has 0 spiro atoms. The summed E-state index contributed by atoms with van der Waals surface area (Å²) < 4.78 is 0. The number of hydrogen-bond donors (Lipinski definition) is 2. The SMILES string of the molecule is CC#CCCC(CSCC(C)C)NN. The van der Waals surface area contributed by atoms with Crippen LogP contribution in [0.3, 0.4) is 0 Å². The lowest BCUT2D eigenvalue weighted by molar-refractivity contribution is 0.546. The topological polar surface area (TPSA) is 38.0 Å². The lowest BCUT2D eigenvalue weighted by atomic mass is 10.2. The monoisotopic (exact) mass is 214 g/mol. The van der Waals surface area contributed by atoms with Crippen molar-refractivity contribution in [1.82, 2.24) is 5.43 Å². The molecule has 0 rings (SSSR count). The molecule has 0 fully saturated rings. The van der Waals surface area contributed by atoms with Crippen LogP contribution in [0, 0.1) is 17.8 Å². The Bertz CT molecular complexity index is 181. The van der Waals surface area contributed by atoms with Crippen LogP contribution in [-0.4, -0.2) is 17.5 Å². The summed E-state index contributed by atoms with van der Waals surface area (Å²) in [7, 11) is 0. The molecule has 0 aromatic carbocycles. The van der Waals surface area contributed by atoms with Gasteiger partial charge in [0, 0.05) is 18.2 Å². The molecule has 3 heteroatoms. The van der Waals surface area contributed by atoms with E-state index < -0.39 is 0 Å². The number of rotatable bonds is 7. The van der Waals surface area contributed by atoms with Crippen molar-refractivity contribution in [2.45, 2.75) is 39.7 Å². The van der Waals surface area contributed by atoms with Gasteiger partial charge in [0.15, 0.2) is 0 Å². The summed E-state index contributed by atoms with van der Waals surface area (Å²) in [4.78, 5) is 0. The highest BCUT2D eigenvalue weighted by Gasteiger charge is 2.05. The van der Waals surface area contributed by atoms with Crippen molar-refractivity contribution in [2.24, 2.45) is 11.8 Å². The van der Waals surface area contributed by atoms with Crippen molar-refractivity contribution in [1.29, 1.82) is 0 Å². The minimum Gasteiger partial charge on any atom is -0.271 e. The Balaban J connectivity index is 3.51. The first-order valence-electron chi connectivity index (χ1n) is 5.14. The van der Waals surface area contributed by atoms with Crippen LogP contribution < -0.4 is 11.3 Å². The molecule has 14 heavy (non-hydrogen) atoms. The molecule has 0 aliphatic rings. The van der Waals surface area contributed by atoms with Gasteiger partial charge in [-0.15, -0.1) is 11.8 Å². The summed E-state index contributed by atoms with van der Waals surface area (Å²) >= 11 is 1.96. The average molecular weight is 214 g/mol. The first kappa shape index (κ1) is 13.8. The Morgan fingerprint density at radius 3 is 2.57 bits per heavy atom. The van der Waals surface area contributed by atoms with Gasteiger partial charge in [-0.2, -0.15) is 11.8 Å². The van der Waals surface area contributed by atoms with Gasteiger partial charge in [0.1, 0.15) is 0 Å². The van der Waals surface area contributed by atoms with E-state index in [0.29, 0.717) is 6.04 Å². The number of hydrazine groups is 1. The van der Waals surface area contributed by atoms with Crippen LogP contribution in [0.4, 0.5) is 0 Å². The lowest BCUT2D eigenvalue weighted by Crippen LogP contribution is -2.37. The van der Waals surface area contributed by atoms with Crippen molar-refractivity contribution in [3.63, 3.8) is 0 Å². The van der Waals surface area contributed by atoms with E-state index >= 15 is 0 Å². The Kier molecular flexibility index (Phi) is 9.27. The van der Waals surface area contributed by atoms with Crippen LogP contribution in [-0.2, 0) is 0 Å². The number of thioether (sulfide) groups is 1. The smallest absolute Gasteiger partial charge is 0.0310 e. The highest BCUT2D eigenvalue weighted by molar-refractivity contribution is 7.99. The second kappa shape index (κ2) is 9.39. The van der Waals surface area contributed by atoms with Gasteiger partial charge in [0.25, 0.3) is 0 Å². The second-order valence-electron chi connectivity index (χ2n) is 3.76. The van der Waals surface area contributed by atoms with Gasteiger partial charge in [-0.3, -0.25) is 11.3 Å². The molecule has 3 N–H and O–H groups in total. The minimum atomic E-state index is 0.402. The summed E-state index contributed by atoms with van der Waals surface area (Å²) in [5.74, 6) is 14.5. The van der Waals surface area contributed by atoms with Crippen LogP contribution in [0.15, 0.2) is 0 Å². The van der Waals surface area contributed by atoms with Crippen molar-refractivity contribution >= 4 is 11.8 Å². The maximum Gasteiger partial charge on any atom is 0.0310 e. The summed E-state index contributed by atoms with van der Waals surface area (Å²) in [6, 6.07) is 0.402. The Morgan fingerprint density at radius 1 is 1.36 bits per heavy atom. The van der Waals surface area contributed by atoms with Gasteiger partial charge in [-0.1, -0.05) is 13.8 Å². The van der Waals surface area contributed by atoms with Crippen LogP contribution in [0.25, 0.3) is 0 Å². The third-order valence-electron chi connectivity index (χ3n) is 1.80. The first-order chi connectivity index (χ1) is 6.70. The van der Waals surface area contributed by atoms with Gasteiger partial charge in [-0.05, 0) is 25.0 Å². The van der Waals surface area contributed by atoms with Gasteiger partial charge in [0.05, 0.1) is 0 Å². The molecule has 82 valence electrons. The van der Waals surface area contributed by atoms with Crippen molar-refractivity contribution < 1.29 is 0 Å². The summed E-state index contributed by atoms with van der Waals surface area (Å²) in [5, 5.41) is 0. The third kappa shape index (κ3) is 8.43. The predicted octanol–water partition coefficient (Wildman–Crippen LogP) is 2.01. The maximum absolute atomic E-state index is 5.46. The molecule has 0 bridgehead atoms. The zero-order chi connectivity index (χ0) is 10.8. The molecular formula is C11H22N2S. The third-order valence-corrected chi connectivity index (χ3v) is 3.34. The van der Waals surface area contributed by atoms with E-state index in [4.69, 9.17) is 5.84 Å². The summed E-state index contributed by atoms with van der Waals surface area (Å²) in [6.07, 6.45) is 1.98. The molecule has 0 aromatic rings. The lowest BCUT2D eigenvalue weighted by Gasteiger charge is -2.14. The fourth-order valence-corrected chi connectivity index (χ4v) is 2.19. The van der Waals surface area contributed by atoms with Gasteiger partial charge in [0.2, 0.25) is 0 Å². The van der Waals surface area contributed by atoms with Crippen molar-refractivity contribution in [2.75, 3.05) is 11.5 Å². The second-order valence-corrected chi connectivity index (χ2v) is 4.84. The fourth-order valence-electron chi connectivity index (χ4n) is 1.03. The molecule has 0 aromatic heterocycles. The van der Waals surface area contributed by atoms with E-state index in [-0.39, 0.29) is 0 Å². The van der Waals surface area contributed by atoms with E-state index in [2.05, 4.69) is 31.1 Å². The molecule has 0 saturated carbocycles. The molecule has 0 amide bonds. The standard InChI is InChI=1S/C11H22N2S/c1-4-5-6-7-11(13-12)9-14-8-10(2)3/h10-11,13H,6-9,12H2,1-3H3. The molecule has 0 aliphatic carbocycles. The van der Waals surface area contributed by atoms with E-state index in [0.717, 1.165) is 24.5 Å². The number of nitrogens with one attached hydrogen (secondary N) is 1. The molecule has 1 unspecified atom stereocenters. The minimum absolute atomic E-state index is 0.402. The van der Waals surface area contributed by atoms with E-state index in [9.17, 15) is 0 Å². The van der Waals surface area contributed by atoms with Crippen molar-refractivity contribution in [3.8, 4) is 11.8 Å². The average Bonchev–Trinajstić information content (AvgIpc) is 2.15. The van der Waals surface area contributed by atoms with Gasteiger partial charge < -0.3 is 0 Å². The molecule has 0 saturated heterocycles. The highest BCUT2D eigenvalue weighted by Crippen LogP contribution is 2.10. The molecule has 0 aliphatic heterocycles. The van der Waals surface area contributed by atoms with Crippen molar-refractivity contribution in [3.05, 3.63) is 0 Å². The summed E-state index contributed by atoms with van der Waals surface area (Å²) in [5.41, 5.74) is 2.85. The molecule has 2 nitrogen and oxygen atoms in total. The van der Waals surface area contributed by atoms with Gasteiger partial charge in [-0.25, -0.2) is 0 Å². The number of hydrogen-bond acceptors (Lipinski definition) is 3. The van der Waals surface area contributed by atoms with E-state index in [1.54, 1.807) is 0 Å². The first-order valence-corrected chi connectivity index (χ1v) is 6.29. The van der Waals surface area contributed by atoms with E-state index in [1.807, 2.05) is 18.7 Å².